The van der Waals surface area contributed by atoms with E-state index < -0.39 is 0 Å². The molecule has 3 aliphatic rings. The topological polar surface area (TPSA) is 55.7 Å². The summed E-state index contributed by atoms with van der Waals surface area (Å²) in [6, 6.07) is 9.37. The van der Waals surface area contributed by atoms with Crippen LogP contribution in [-0.4, -0.2) is 65.8 Å². The number of benzene rings is 1. The molecule has 1 aromatic carbocycles. The minimum atomic E-state index is -0.192. The molecule has 154 valence electrons. The number of nitrogens with zero attached hydrogens (tertiary/aromatic N) is 5. The largest absolute Gasteiger partial charge is 0.393 e. The summed E-state index contributed by atoms with van der Waals surface area (Å²) in [5.74, 6) is 2.76. The molecule has 0 unspecified atom stereocenters. The smallest absolute Gasteiger partial charge is 0.134 e. The van der Waals surface area contributed by atoms with Crippen molar-refractivity contribution in [3.63, 3.8) is 0 Å². The van der Waals surface area contributed by atoms with Gasteiger partial charge in [-0.1, -0.05) is 12.1 Å². The molecule has 1 N–H and O–H groups in total. The van der Waals surface area contributed by atoms with Crippen LogP contribution in [0.5, 0.6) is 0 Å². The van der Waals surface area contributed by atoms with E-state index in [4.69, 9.17) is 0 Å². The van der Waals surface area contributed by atoms with Gasteiger partial charge in [0.1, 0.15) is 23.8 Å². The molecule has 3 saturated heterocycles. The maximum absolute atomic E-state index is 13.8. The third-order valence-electron chi connectivity index (χ3n) is 6.84. The zero-order valence-corrected chi connectivity index (χ0v) is 16.8. The molecule has 0 radical (unpaired) electrons. The molecule has 4 heterocycles. The molecule has 2 aromatic rings. The number of aromatic nitrogens is 2. The predicted molar refractivity (Wildman–Crippen MR) is 110 cm³/mol. The number of piperidine rings is 1. The maximum Gasteiger partial charge on any atom is 0.134 e. The molecule has 0 bridgehead atoms. The van der Waals surface area contributed by atoms with E-state index in [1.54, 1.807) is 12.4 Å². The van der Waals surface area contributed by atoms with E-state index in [0.29, 0.717) is 11.8 Å². The van der Waals surface area contributed by atoms with Crippen LogP contribution in [0.4, 0.5) is 16.0 Å². The molecular weight excluding hydrogens is 369 g/mol. The molecule has 3 aliphatic heterocycles. The Morgan fingerprint density at radius 3 is 2.52 bits per heavy atom. The Morgan fingerprint density at radius 2 is 1.76 bits per heavy atom. The highest BCUT2D eigenvalue weighted by Gasteiger charge is 2.46. The lowest BCUT2D eigenvalue weighted by Crippen LogP contribution is -2.36. The lowest BCUT2D eigenvalue weighted by molar-refractivity contribution is 0.145. The summed E-state index contributed by atoms with van der Waals surface area (Å²) < 4.78 is 13.8. The number of likely N-dealkylation sites (tertiary alicyclic amines) is 1. The van der Waals surface area contributed by atoms with E-state index in [-0.39, 0.29) is 18.0 Å². The van der Waals surface area contributed by atoms with Crippen molar-refractivity contribution in [2.24, 2.45) is 11.8 Å². The molecule has 0 saturated carbocycles. The molecule has 0 aliphatic carbocycles. The van der Waals surface area contributed by atoms with Crippen molar-refractivity contribution in [3.8, 4) is 0 Å². The van der Waals surface area contributed by atoms with Gasteiger partial charge in [-0.05, 0) is 43.5 Å². The Morgan fingerprint density at radius 1 is 1.00 bits per heavy atom. The first kappa shape index (κ1) is 18.8. The van der Waals surface area contributed by atoms with Crippen LogP contribution in [0.15, 0.2) is 36.7 Å². The molecule has 5 rings (SSSR count). The first-order valence-corrected chi connectivity index (χ1v) is 10.5. The molecule has 29 heavy (non-hydrogen) atoms. The number of halogens is 1. The van der Waals surface area contributed by atoms with Gasteiger partial charge in [-0.25, -0.2) is 14.4 Å². The van der Waals surface area contributed by atoms with Crippen molar-refractivity contribution in [1.29, 1.82) is 0 Å². The molecule has 0 amide bonds. The number of aliphatic hydroxyl groups excluding tert-OH is 1. The fourth-order valence-corrected chi connectivity index (χ4v) is 5.41. The fraction of sp³-hybridized carbons (Fsp3) is 0.545. The summed E-state index contributed by atoms with van der Waals surface area (Å²) in [6.45, 7) is 4.57. The average molecular weight is 397 g/mol. The first-order chi connectivity index (χ1) is 14.1. The van der Waals surface area contributed by atoms with Gasteiger partial charge in [0, 0.05) is 50.7 Å². The molecule has 3 fully saturated rings. The Balaban J connectivity index is 1.34. The predicted octanol–water partition coefficient (Wildman–Crippen LogP) is 2.32. The maximum atomic E-state index is 13.8. The summed E-state index contributed by atoms with van der Waals surface area (Å²) >= 11 is 0. The van der Waals surface area contributed by atoms with Crippen LogP contribution in [0, 0.1) is 17.7 Å². The number of anilines is 2. The zero-order chi connectivity index (χ0) is 20.0. The van der Waals surface area contributed by atoms with Gasteiger partial charge in [-0.2, -0.15) is 0 Å². The summed E-state index contributed by atoms with van der Waals surface area (Å²) in [5.41, 5.74) is 1.07. The van der Waals surface area contributed by atoms with Gasteiger partial charge < -0.3 is 14.9 Å². The van der Waals surface area contributed by atoms with E-state index in [9.17, 15) is 9.50 Å². The van der Waals surface area contributed by atoms with E-state index in [2.05, 4.69) is 37.8 Å². The van der Waals surface area contributed by atoms with Crippen molar-refractivity contribution in [3.05, 3.63) is 48.0 Å². The number of aliphatic hydroxyl groups is 1. The molecule has 7 heteroatoms. The number of rotatable bonds is 3. The van der Waals surface area contributed by atoms with Gasteiger partial charge in [0.2, 0.25) is 0 Å². The molecule has 1 aromatic heterocycles. The molecule has 6 nitrogen and oxygen atoms in total. The zero-order valence-electron chi connectivity index (χ0n) is 16.8. The number of fused-ring (bicyclic) bond motifs is 1. The van der Waals surface area contributed by atoms with E-state index >= 15 is 0 Å². The average Bonchev–Trinajstić information content (AvgIpc) is 3.25. The Hall–Kier alpha value is -2.25. The van der Waals surface area contributed by atoms with Gasteiger partial charge >= 0.3 is 0 Å². The van der Waals surface area contributed by atoms with Crippen LogP contribution in [0.2, 0.25) is 0 Å². The van der Waals surface area contributed by atoms with Crippen LogP contribution < -0.4 is 9.80 Å². The fourth-order valence-electron chi connectivity index (χ4n) is 5.41. The van der Waals surface area contributed by atoms with Crippen LogP contribution in [0.1, 0.15) is 24.4 Å². The Kier molecular flexibility index (Phi) is 4.87. The van der Waals surface area contributed by atoms with Crippen molar-refractivity contribution in [2.45, 2.75) is 25.0 Å². The highest BCUT2D eigenvalue weighted by Crippen LogP contribution is 2.45. The Bertz CT molecular complexity index is 872. The van der Waals surface area contributed by atoms with Crippen molar-refractivity contribution in [1.82, 2.24) is 14.9 Å². The van der Waals surface area contributed by atoms with Crippen molar-refractivity contribution in [2.75, 3.05) is 49.6 Å². The summed E-state index contributed by atoms with van der Waals surface area (Å²) in [4.78, 5) is 16.0. The van der Waals surface area contributed by atoms with Gasteiger partial charge in [0.15, 0.2) is 0 Å². The normalized spacial score (nSPS) is 28.2. The molecule has 3 atom stereocenters. The summed E-state index contributed by atoms with van der Waals surface area (Å²) in [7, 11) is 2.14. The van der Waals surface area contributed by atoms with Crippen LogP contribution in [-0.2, 0) is 0 Å². The minimum Gasteiger partial charge on any atom is -0.393 e. The lowest BCUT2D eigenvalue weighted by Gasteiger charge is -2.31. The van der Waals surface area contributed by atoms with Crippen LogP contribution >= 0.6 is 0 Å². The van der Waals surface area contributed by atoms with Gasteiger partial charge in [0.05, 0.1) is 6.10 Å². The van der Waals surface area contributed by atoms with Gasteiger partial charge in [0.25, 0.3) is 0 Å². The van der Waals surface area contributed by atoms with Gasteiger partial charge in [-0.3, -0.25) is 4.90 Å². The standard InChI is InChI=1S/C22H28FN5O/c1-26-11-16-12-28(13-19(16)22(26)15-3-2-4-17(23)9-15)21-10-20(24-14-25-21)27-7-5-18(29)6-8-27/h2-4,9-10,14,16,18-19,22,29H,5-8,11-13H2,1H3/t16-,19+,22-/m0/s1. The lowest BCUT2D eigenvalue weighted by atomic mass is 9.89. The van der Waals surface area contributed by atoms with Gasteiger partial charge in [-0.15, -0.1) is 0 Å². The first-order valence-electron chi connectivity index (χ1n) is 10.5. The van der Waals surface area contributed by atoms with Crippen molar-refractivity contribution < 1.29 is 9.50 Å². The molecule has 0 spiro atoms. The SMILES string of the molecule is CN1C[C@H]2CN(c3cc(N4CCC(O)CC4)ncn3)C[C@H]2[C@@H]1c1cccc(F)c1. The summed E-state index contributed by atoms with van der Waals surface area (Å²) in [5, 5.41) is 9.76. The van der Waals surface area contributed by atoms with Crippen molar-refractivity contribution >= 4 is 11.6 Å². The third-order valence-corrected chi connectivity index (χ3v) is 6.84. The van der Waals surface area contributed by atoms with Crippen LogP contribution in [0.25, 0.3) is 0 Å². The van der Waals surface area contributed by atoms with E-state index in [1.807, 2.05) is 12.1 Å². The molecular formula is C22H28FN5O. The number of hydrogen-bond acceptors (Lipinski definition) is 6. The summed E-state index contributed by atoms with van der Waals surface area (Å²) in [6.07, 6.45) is 3.03. The second-order valence-electron chi connectivity index (χ2n) is 8.72. The second-order valence-corrected chi connectivity index (χ2v) is 8.72. The van der Waals surface area contributed by atoms with E-state index in [1.165, 1.54) is 6.07 Å². The highest BCUT2D eigenvalue weighted by molar-refractivity contribution is 5.51. The Labute approximate surface area is 171 Å². The van der Waals surface area contributed by atoms with Crippen LogP contribution in [0.3, 0.4) is 0 Å². The third kappa shape index (κ3) is 3.57. The quantitative estimate of drug-likeness (QED) is 0.858. The minimum absolute atomic E-state index is 0.165. The number of hydrogen-bond donors (Lipinski definition) is 1. The second kappa shape index (κ2) is 7.54. The monoisotopic (exact) mass is 397 g/mol. The van der Waals surface area contributed by atoms with E-state index in [0.717, 1.165) is 62.8 Å². The highest BCUT2D eigenvalue weighted by atomic mass is 19.1.